The van der Waals surface area contributed by atoms with E-state index in [-0.39, 0.29) is 12.1 Å². The van der Waals surface area contributed by atoms with Crippen LogP contribution < -0.4 is 0 Å². The first-order valence-corrected chi connectivity index (χ1v) is 9.76. The van der Waals surface area contributed by atoms with Crippen molar-refractivity contribution < 1.29 is 8.42 Å². The second kappa shape index (κ2) is 5.60. The summed E-state index contributed by atoms with van der Waals surface area (Å²) in [7, 11) is -3.41. The van der Waals surface area contributed by atoms with Crippen molar-refractivity contribution in [3.63, 3.8) is 0 Å². The highest BCUT2D eigenvalue weighted by Gasteiger charge is 2.40. The van der Waals surface area contributed by atoms with Gasteiger partial charge in [0, 0.05) is 30.0 Å². The molecule has 2 heterocycles. The van der Waals surface area contributed by atoms with Gasteiger partial charge < -0.3 is 4.57 Å². The minimum absolute atomic E-state index is 0.0867. The maximum atomic E-state index is 13.0. The van der Waals surface area contributed by atoms with Crippen molar-refractivity contribution in [3.05, 3.63) is 18.0 Å². The van der Waals surface area contributed by atoms with Crippen LogP contribution in [0.5, 0.6) is 0 Å². The summed E-state index contributed by atoms with van der Waals surface area (Å²) in [6.45, 7) is 4.07. The summed E-state index contributed by atoms with van der Waals surface area (Å²) in [5.41, 5.74) is 0.914. The summed E-state index contributed by atoms with van der Waals surface area (Å²) in [6.07, 6.45) is 6.81. The Hall–Kier alpha value is -0.520. The minimum Gasteiger partial charge on any atom is -0.346 e. The molecule has 2 aliphatic rings. The fraction of sp³-hybridized carbons (Fsp3) is 0.733. The SMILES string of the molecule is CCC1CCC(C)N1S(=O)(=O)c1cc(CCl)n(C2CC2)c1. The minimum atomic E-state index is -3.41. The largest absolute Gasteiger partial charge is 0.346 e. The lowest BCUT2D eigenvalue weighted by Crippen LogP contribution is -2.39. The molecule has 2 atom stereocenters. The van der Waals surface area contributed by atoms with Gasteiger partial charge in [-0.2, -0.15) is 4.31 Å². The van der Waals surface area contributed by atoms with Crippen LogP contribution in [0.3, 0.4) is 0 Å². The van der Waals surface area contributed by atoms with E-state index in [0.29, 0.717) is 16.8 Å². The topological polar surface area (TPSA) is 42.3 Å². The highest BCUT2D eigenvalue weighted by Crippen LogP contribution is 2.39. The average molecular weight is 331 g/mol. The molecule has 4 nitrogen and oxygen atoms in total. The van der Waals surface area contributed by atoms with E-state index in [0.717, 1.165) is 37.8 Å². The molecule has 1 saturated carbocycles. The molecule has 0 aromatic carbocycles. The van der Waals surface area contributed by atoms with Gasteiger partial charge in [0.2, 0.25) is 10.0 Å². The Morgan fingerprint density at radius 2 is 2.00 bits per heavy atom. The fourth-order valence-corrected chi connectivity index (χ4v) is 5.64. The van der Waals surface area contributed by atoms with Crippen molar-refractivity contribution in [3.8, 4) is 0 Å². The van der Waals surface area contributed by atoms with Crippen LogP contribution in [0.25, 0.3) is 0 Å². The molecule has 0 bridgehead atoms. The summed E-state index contributed by atoms with van der Waals surface area (Å²) >= 11 is 5.98. The number of hydrogen-bond acceptors (Lipinski definition) is 2. The van der Waals surface area contributed by atoms with E-state index >= 15 is 0 Å². The van der Waals surface area contributed by atoms with Gasteiger partial charge >= 0.3 is 0 Å². The van der Waals surface area contributed by atoms with E-state index in [1.807, 2.05) is 6.92 Å². The van der Waals surface area contributed by atoms with Crippen molar-refractivity contribution in [1.82, 2.24) is 8.87 Å². The van der Waals surface area contributed by atoms with Gasteiger partial charge in [0.25, 0.3) is 0 Å². The van der Waals surface area contributed by atoms with Crippen molar-refractivity contribution in [2.24, 2.45) is 0 Å². The Kier molecular flexibility index (Phi) is 4.10. The summed E-state index contributed by atoms with van der Waals surface area (Å²) in [5.74, 6) is 0.360. The number of nitrogens with zero attached hydrogens (tertiary/aromatic N) is 2. The molecular weight excluding hydrogens is 308 g/mol. The zero-order valence-electron chi connectivity index (χ0n) is 12.6. The molecule has 1 saturated heterocycles. The summed E-state index contributed by atoms with van der Waals surface area (Å²) in [6, 6.07) is 2.43. The predicted molar refractivity (Wildman–Crippen MR) is 84.1 cm³/mol. The number of sulfonamides is 1. The molecule has 0 amide bonds. The lowest BCUT2D eigenvalue weighted by atomic mass is 10.2. The fourth-order valence-electron chi connectivity index (χ4n) is 3.42. The molecule has 3 rings (SSSR count). The first kappa shape index (κ1) is 15.4. The smallest absolute Gasteiger partial charge is 0.245 e. The molecule has 0 N–H and O–H groups in total. The lowest BCUT2D eigenvalue weighted by molar-refractivity contribution is 0.328. The van der Waals surface area contributed by atoms with Crippen LogP contribution in [0.2, 0.25) is 0 Å². The summed E-state index contributed by atoms with van der Waals surface area (Å²) in [5, 5.41) is 0. The number of alkyl halides is 1. The van der Waals surface area contributed by atoms with Gasteiger partial charge in [-0.3, -0.25) is 0 Å². The Morgan fingerprint density at radius 3 is 2.57 bits per heavy atom. The second-order valence-corrected chi connectivity index (χ2v) is 8.37. The van der Waals surface area contributed by atoms with E-state index in [9.17, 15) is 8.42 Å². The van der Waals surface area contributed by atoms with Crippen LogP contribution in [0.1, 0.15) is 57.7 Å². The molecular formula is C15H23ClN2O2S. The molecule has 2 unspecified atom stereocenters. The van der Waals surface area contributed by atoms with E-state index in [2.05, 4.69) is 11.5 Å². The Labute approximate surface area is 132 Å². The van der Waals surface area contributed by atoms with E-state index in [1.54, 1.807) is 16.6 Å². The average Bonchev–Trinajstić information content (AvgIpc) is 3.08. The Morgan fingerprint density at radius 1 is 1.29 bits per heavy atom. The standard InChI is InChI=1S/C15H23ClN2O2S/c1-3-12-5-4-11(2)18(12)21(19,20)15-8-14(9-16)17(10-15)13-6-7-13/h8,10-13H,3-7,9H2,1-2H3. The highest BCUT2D eigenvalue weighted by molar-refractivity contribution is 7.89. The van der Waals surface area contributed by atoms with E-state index in [1.165, 1.54) is 0 Å². The molecule has 6 heteroatoms. The first-order chi connectivity index (χ1) is 9.98. The van der Waals surface area contributed by atoms with Gasteiger partial charge in [0.05, 0.1) is 5.88 Å². The maximum absolute atomic E-state index is 13.0. The molecule has 118 valence electrons. The lowest BCUT2D eigenvalue weighted by Gasteiger charge is -2.26. The highest BCUT2D eigenvalue weighted by atomic mass is 35.5. The first-order valence-electron chi connectivity index (χ1n) is 7.79. The van der Waals surface area contributed by atoms with Gasteiger partial charge in [0.1, 0.15) is 4.90 Å². The third kappa shape index (κ3) is 2.64. The van der Waals surface area contributed by atoms with Gasteiger partial charge in [-0.15, -0.1) is 11.6 Å². The van der Waals surface area contributed by atoms with E-state index < -0.39 is 10.0 Å². The molecule has 0 spiro atoms. The van der Waals surface area contributed by atoms with Crippen LogP contribution in [-0.4, -0.2) is 29.4 Å². The van der Waals surface area contributed by atoms with Gasteiger partial charge in [0.15, 0.2) is 0 Å². The molecule has 0 radical (unpaired) electrons. The van der Waals surface area contributed by atoms with E-state index in [4.69, 9.17) is 11.6 Å². The maximum Gasteiger partial charge on any atom is 0.245 e. The monoisotopic (exact) mass is 330 g/mol. The molecule has 21 heavy (non-hydrogen) atoms. The Bertz CT molecular complexity index is 622. The van der Waals surface area contributed by atoms with Crippen molar-refractivity contribution >= 4 is 21.6 Å². The number of aromatic nitrogens is 1. The van der Waals surface area contributed by atoms with Gasteiger partial charge in [-0.05, 0) is 45.1 Å². The van der Waals surface area contributed by atoms with Crippen LogP contribution in [-0.2, 0) is 15.9 Å². The van der Waals surface area contributed by atoms with Crippen molar-refractivity contribution in [2.45, 2.75) is 74.9 Å². The van der Waals surface area contributed by atoms with Crippen LogP contribution >= 0.6 is 11.6 Å². The number of halogens is 1. The molecule has 1 aliphatic heterocycles. The quantitative estimate of drug-likeness (QED) is 0.775. The van der Waals surface area contributed by atoms with Crippen molar-refractivity contribution in [2.75, 3.05) is 0 Å². The van der Waals surface area contributed by atoms with Crippen molar-refractivity contribution in [1.29, 1.82) is 0 Å². The molecule has 1 aliphatic carbocycles. The number of rotatable bonds is 5. The zero-order valence-corrected chi connectivity index (χ0v) is 14.2. The molecule has 2 fully saturated rings. The third-order valence-electron chi connectivity index (χ3n) is 4.74. The van der Waals surface area contributed by atoms with Gasteiger partial charge in [-0.25, -0.2) is 8.42 Å². The number of hydrogen-bond donors (Lipinski definition) is 0. The third-order valence-corrected chi connectivity index (χ3v) is 7.05. The summed E-state index contributed by atoms with van der Waals surface area (Å²) < 4.78 is 29.8. The zero-order chi connectivity index (χ0) is 15.2. The van der Waals surface area contributed by atoms with Gasteiger partial charge in [-0.1, -0.05) is 6.92 Å². The second-order valence-electron chi connectivity index (χ2n) is 6.26. The molecule has 1 aromatic rings. The van der Waals surface area contributed by atoms with Crippen LogP contribution in [0, 0.1) is 0 Å². The normalized spacial score (nSPS) is 27.4. The van der Waals surface area contributed by atoms with Crippen LogP contribution in [0.15, 0.2) is 17.2 Å². The predicted octanol–water partition coefficient (Wildman–Crippen LogP) is 3.51. The Balaban J connectivity index is 1.98. The van der Waals surface area contributed by atoms with Crippen LogP contribution in [0.4, 0.5) is 0 Å². The summed E-state index contributed by atoms with van der Waals surface area (Å²) in [4.78, 5) is 0.414. The molecule has 1 aromatic heterocycles.